The molecule has 26 heavy (non-hydrogen) atoms. The zero-order valence-corrected chi connectivity index (χ0v) is 16.4. The number of halogens is 1. The fourth-order valence-corrected chi connectivity index (χ4v) is 2.99. The minimum absolute atomic E-state index is 0. The van der Waals surface area contributed by atoms with E-state index in [4.69, 9.17) is 4.74 Å². The van der Waals surface area contributed by atoms with Crippen LogP contribution in [0.2, 0.25) is 0 Å². The number of likely N-dealkylation sites (tertiary alicyclic amines) is 1. The van der Waals surface area contributed by atoms with Crippen LogP contribution in [-0.4, -0.2) is 55.5 Å². The van der Waals surface area contributed by atoms with Crippen LogP contribution < -0.4 is 15.4 Å². The van der Waals surface area contributed by atoms with Gasteiger partial charge in [0.25, 0.3) is 5.91 Å². The average Bonchev–Trinajstić information content (AvgIpc) is 2.65. The van der Waals surface area contributed by atoms with Gasteiger partial charge in [0.1, 0.15) is 5.75 Å². The van der Waals surface area contributed by atoms with Crippen LogP contribution in [0, 0.1) is 5.92 Å². The number of amides is 2. The van der Waals surface area contributed by atoms with Crippen molar-refractivity contribution in [2.75, 3.05) is 32.8 Å². The maximum atomic E-state index is 12.4. The normalized spacial score (nSPS) is 17.8. The summed E-state index contributed by atoms with van der Waals surface area (Å²) in [5, 5.41) is 6.25. The monoisotopic (exact) mass is 383 g/mol. The van der Waals surface area contributed by atoms with Crippen molar-refractivity contribution in [3.63, 3.8) is 0 Å². The third-order valence-electron chi connectivity index (χ3n) is 4.39. The summed E-state index contributed by atoms with van der Waals surface area (Å²) in [7, 11) is 0. The van der Waals surface area contributed by atoms with Crippen molar-refractivity contribution >= 4 is 24.2 Å². The summed E-state index contributed by atoms with van der Waals surface area (Å²) in [6.45, 7) is 6.74. The highest BCUT2D eigenvalue weighted by Gasteiger charge is 2.28. The van der Waals surface area contributed by atoms with Gasteiger partial charge in [0.05, 0.1) is 5.92 Å². The number of benzene rings is 1. The van der Waals surface area contributed by atoms with E-state index in [0.717, 1.165) is 19.4 Å². The second-order valence-electron chi connectivity index (χ2n) is 6.48. The Morgan fingerprint density at radius 1 is 1.31 bits per heavy atom. The molecule has 1 aliphatic rings. The van der Waals surface area contributed by atoms with Crippen molar-refractivity contribution < 1.29 is 14.3 Å². The van der Waals surface area contributed by atoms with E-state index in [0.29, 0.717) is 25.4 Å². The quantitative estimate of drug-likeness (QED) is 0.718. The summed E-state index contributed by atoms with van der Waals surface area (Å²) in [4.78, 5) is 26.4. The van der Waals surface area contributed by atoms with Crippen molar-refractivity contribution in [3.8, 4) is 5.75 Å². The van der Waals surface area contributed by atoms with Gasteiger partial charge in [-0.2, -0.15) is 0 Å². The maximum Gasteiger partial charge on any atom is 0.260 e. The number of rotatable bonds is 8. The van der Waals surface area contributed by atoms with Gasteiger partial charge in [-0.05, 0) is 38.4 Å². The Bertz CT molecular complexity index is 556. The van der Waals surface area contributed by atoms with E-state index in [2.05, 4.69) is 10.6 Å². The lowest BCUT2D eigenvalue weighted by molar-refractivity contribution is -0.137. The van der Waals surface area contributed by atoms with E-state index in [1.807, 2.05) is 44.2 Å². The van der Waals surface area contributed by atoms with Crippen molar-refractivity contribution in [2.45, 2.75) is 32.7 Å². The molecule has 7 heteroatoms. The van der Waals surface area contributed by atoms with Crippen LogP contribution in [0.5, 0.6) is 5.75 Å². The van der Waals surface area contributed by atoms with E-state index >= 15 is 0 Å². The molecular formula is C19H30ClN3O3. The van der Waals surface area contributed by atoms with Gasteiger partial charge in [-0.15, -0.1) is 12.4 Å². The highest BCUT2D eigenvalue weighted by Crippen LogP contribution is 2.17. The molecule has 1 unspecified atom stereocenters. The lowest BCUT2D eigenvalue weighted by atomic mass is 9.97. The number of para-hydroxylation sites is 1. The molecule has 146 valence electrons. The van der Waals surface area contributed by atoms with Gasteiger partial charge in [0.15, 0.2) is 6.61 Å². The van der Waals surface area contributed by atoms with Crippen LogP contribution in [0.25, 0.3) is 0 Å². The molecule has 1 aliphatic heterocycles. The van der Waals surface area contributed by atoms with E-state index < -0.39 is 0 Å². The first kappa shape index (κ1) is 22.3. The molecule has 0 bridgehead atoms. The second kappa shape index (κ2) is 11.8. The Balaban J connectivity index is 0.00000338. The number of hydrogen-bond acceptors (Lipinski definition) is 4. The van der Waals surface area contributed by atoms with Crippen LogP contribution in [-0.2, 0) is 9.59 Å². The Labute approximate surface area is 162 Å². The molecule has 1 saturated heterocycles. The number of piperidine rings is 1. The van der Waals surface area contributed by atoms with Gasteiger partial charge in [-0.1, -0.05) is 25.1 Å². The third kappa shape index (κ3) is 7.22. The predicted molar refractivity (Wildman–Crippen MR) is 105 cm³/mol. The molecule has 0 saturated carbocycles. The number of nitrogens with one attached hydrogen (secondary N) is 2. The fraction of sp³-hybridized carbons (Fsp3) is 0.579. The molecular weight excluding hydrogens is 354 g/mol. The van der Waals surface area contributed by atoms with Crippen LogP contribution >= 0.6 is 12.4 Å². The lowest BCUT2D eigenvalue weighted by Crippen LogP contribution is -2.48. The van der Waals surface area contributed by atoms with Gasteiger partial charge in [0, 0.05) is 25.7 Å². The summed E-state index contributed by atoms with van der Waals surface area (Å²) < 4.78 is 5.52. The van der Waals surface area contributed by atoms with Crippen LogP contribution in [0.4, 0.5) is 0 Å². The van der Waals surface area contributed by atoms with Gasteiger partial charge in [-0.25, -0.2) is 0 Å². The smallest absolute Gasteiger partial charge is 0.260 e. The molecule has 6 nitrogen and oxygen atoms in total. The van der Waals surface area contributed by atoms with Crippen LogP contribution in [0.3, 0.4) is 0 Å². The van der Waals surface area contributed by atoms with Gasteiger partial charge in [-0.3, -0.25) is 9.59 Å². The zero-order valence-electron chi connectivity index (χ0n) is 15.6. The summed E-state index contributed by atoms with van der Waals surface area (Å²) >= 11 is 0. The van der Waals surface area contributed by atoms with E-state index in [1.54, 1.807) is 4.90 Å². The Hall–Kier alpha value is -1.79. The zero-order chi connectivity index (χ0) is 18.1. The third-order valence-corrected chi connectivity index (χ3v) is 4.39. The molecule has 0 aromatic heterocycles. The van der Waals surface area contributed by atoms with Crippen molar-refractivity contribution in [1.82, 2.24) is 15.5 Å². The van der Waals surface area contributed by atoms with E-state index in [9.17, 15) is 9.59 Å². The Morgan fingerprint density at radius 3 is 2.73 bits per heavy atom. The van der Waals surface area contributed by atoms with Crippen LogP contribution in [0.15, 0.2) is 30.3 Å². The molecule has 1 heterocycles. The predicted octanol–water partition coefficient (Wildman–Crippen LogP) is 1.84. The second-order valence-corrected chi connectivity index (χ2v) is 6.48. The maximum absolute atomic E-state index is 12.4. The van der Waals surface area contributed by atoms with Gasteiger partial charge in [0.2, 0.25) is 5.91 Å². The standard InChI is InChI=1S/C19H29N3O3.ClH/c1-3-20-15(2)12-21-19(24)16-8-7-11-22(13-16)18(23)14-25-17-9-5-4-6-10-17;/h4-6,9-10,15-16,20H,3,7-8,11-14H2,1-2H3,(H,21,24);1H/t15-,16?;/m1./s1. The van der Waals surface area contributed by atoms with Gasteiger partial charge < -0.3 is 20.3 Å². The van der Waals surface area contributed by atoms with Gasteiger partial charge >= 0.3 is 0 Å². The number of likely N-dealkylation sites (N-methyl/N-ethyl adjacent to an activating group) is 1. The van der Waals surface area contributed by atoms with Crippen LogP contribution in [0.1, 0.15) is 26.7 Å². The fourth-order valence-electron chi connectivity index (χ4n) is 2.99. The summed E-state index contributed by atoms with van der Waals surface area (Å²) in [5.41, 5.74) is 0. The molecule has 0 radical (unpaired) electrons. The summed E-state index contributed by atoms with van der Waals surface area (Å²) in [6, 6.07) is 9.54. The number of carbonyl (C=O) groups excluding carboxylic acids is 2. The number of hydrogen-bond donors (Lipinski definition) is 2. The largest absolute Gasteiger partial charge is 0.484 e. The number of nitrogens with zero attached hydrogens (tertiary/aromatic N) is 1. The van der Waals surface area contributed by atoms with Crippen molar-refractivity contribution in [3.05, 3.63) is 30.3 Å². The van der Waals surface area contributed by atoms with E-state index in [-0.39, 0.29) is 42.8 Å². The molecule has 2 N–H and O–H groups in total. The van der Waals surface area contributed by atoms with E-state index in [1.165, 1.54) is 0 Å². The molecule has 1 aromatic rings. The highest BCUT2D eigenvalue weighted by molar-refractivity contribution is 5.85. The minimum atomic E-state index is -0.136. The molecule has 0 aliphatic carbocycles. The average molecular weight is 384 g/mol. The first-order chi connectivity index (χ1) is 12.1. The molecule has 1 aromatic carbocycles. The van der Waals surface area contributed by atoms with Crippen molar-refractivity contribution in [1.29, 1.82) is 0 Å². The summed E-state index contributed by atoms with van der Waals surface area (Å²) in [6.07, 6.45) is 1.67. The molecule has 2 rings (SSSR count). The lowest BCUT2D eigenvalue weighted by Gasteiger charge is -2.32. The number of ether oxygens (including phenoxy) is 1. The first-order valence-corrected chi connectivity index (χ1v) is 9.07. The molecule has 1 fully saturated rings. The molecule has 2 amide bonds. The number of carbonyl (C=O) groups is 2. The first-order valence-electron chi connectivity index (χ1n) is 9.07. The SMILES string of the molecule is CCN[C@H](C)CNC(=O)C1CCCN(C(=O)COc2ccccc2)C1.Cl. The van der Waals surface area contributed by atoms with Crippen molar-refractivity contribution in [2.24, 2.45) is 5.92 Å². The molecule has 0 spiro atoms. The summed E-state index contributed by atoms with van der Waals surface area (Å²) in [5.74, 6) is 0.511. The topological polar surface area (TPSA) is 70.7 Å². The Kier molecular flexibility index (Phi) is 10.1. The minimum Gasteiger partial charge on any atom is -0.484 e. The highest BCUT2D eigenvalue weighted by atomic mass is 35.5. The molecule has 2 atom stereocenters. The Morgan fingerprint density at radius 2 is 2.04 bits per heavy atom.